The van der Waals surface area contributed by atoms with E-state index in [2.05, 4.69) is 12.2 Å². The monoisotopic (exact) mass is 371 g/mol. The largest absolute Gasteiger partial charge is 0.493 e. The Balaban J connectivity index is 1.84. The second-order valence-electron chi connectivity index (χ2n) is 5.91. The van der Waals surface area contributed by atoms with E-state index in [-0.39, 0.29) is 12.5 Å². The Hall–Kier alpha value is -3.02. The van der Waals surface area contributed by atoms with Crippen LogP contribution in [0.5, 0.6) is 11.5 Å². The molecule has 2 rings (SSSR count). The van der Waals surface area contributed by atoms with Crippen molar-refractivity contribution in [2.24, 2.45) is 0 Å². The molecule has 0 heterocycles. The maximum Gasteiger partial charge on any atom is 0.338 e. The van der Waals surface area contributed by atoms with Crippen LogP contribution in [0, 0.1) is 0 Å². The Morgan fingerprint density at radius 2 is 1.81 bits per heavy atom. The molecule has 0 atom stereocenters. The molecule has 0 bridgehead atoms. The highest BCUT2D eigenvalue weighted by molar-refractivity contribution is 5.92. The van der Waals surface area contributed by atoms with Crippen molar-refractivity contribution in [2.45, 2.75) is 26.3 Å². The fraction of sp³-hybridized carbons (Fsp3) is 0.333. The third-order valence-corrected chi connectivity index (χ3v) is 3.82. The lowest BCUT2D eigenvalue weighted by molar-refractivity contribution is -0.124. The quantitative estimate of drug-likeness (QED) is 0.512. The molecule has 0 fully saturated rings. The number of carbonyl (C=O) groups excluding carboxylic acids is 2. The van der Waals surface area contributed by atoms with E-state index in [1.165, 1.54) is 7.11 Å². The van der Waals surface area contributed by atoms with E-state index in [1.54, 1.807) is 18.2 Å². The van der Waals surface area contributed by atoms with Crippen LogP contribution >= 0.6 is 0 Å². The van der Waals surface area contributed by atoms with Crippen molar-refractivity contribution in [1.82, 2.24) is 5.32 Å². The number of ether oxygens (including phenoxy) is 3. The van der Waals surface area contributed by atoms with Crippen molar-refractivity contribution in [2.75, 3.05) is 20.3 Å². The standard InChI is InChI=1S/C21H25NO5/c1-3-4-12-26-18-11-10-17(13-19(18)25-2)21(24)27-15-20(23)22-14-16-8-6-5-7-9-16/h5-11,13H,3-4,12,14-15H2,1-2H3,(H,22,23). The Morgan fingerprint density at radius 3 is 2.52 bits per heavy atom. The highest BCUT2D eigenvalue weighted by Crippen LogP contribution is 2.28. The molecule has 144 valence electrons. The Labute approximate surface area is 159 Å². The van der Waals surface area contributed by atoms with Crippen molar-refractivity contribution in [3.63, 3.8) is 0 Å². The summed E-state index contributed by atoms with van der Waals surface area (Å²) < 4.78 is 16.0. The van der Waals surface area contributed by atoms with Crippen LogP contribution in [-0.4, -0.2) is 32.2 Å². The van der Waals surface area contributed by atoms with Crippen molar-refractivity contribution in [3.05, 3.63) is 59.7 Å². The summed E-state index contributed by atoms with van der Waals surface area (Å²) in [5.41, 5.74) is 1.27. The minimum absolute atomic E-state index is 0.297. The molecule has 2 aromatic carbocycles. The fourth-order valence-corrected chi connectivity index (χ4v) is 2.30. The number of nitrogens with one attached hydrogen (secondary N) is 1. The van der Waals surface area contributed by atoms with E-state index in [0.29, 0.717) is 30.2 Å². The first-order chi connectivity index (χ1) is 13.1. The van der Waals surface area contributed by atoms with E-state index in [4.69, 9.17) is 14.2 Å². The van der Waals surface area contributed by atoms with E-state index in [1.807, 2.05) is 30.3 Å². The highest BCUT2D eigenvalue weighted by Gasteiger charge is 2.14. The summed E-state index contributed by atoms with van der Waals surface area (Å²) in [4.78, 5) is 24.0. The molecular formula is C21H25NO5. The van der Waals surface area contributed by atoms with Crippen LogP contribution in [0.3, 0.4) is 0 Å². The zero-order chi connectivity index (χ0) is 19.5. The number of rotatable bonds is 10. The van der Waals surface area contributed by atoms with Crippen molar-refractivity contribution in [3.8, 4) is 11.5 Å². The Kier molecular flexibility index (Phi) is 8.16. The zero-order valence-corrected chi connectivity index (χ0v) is 15.7. The van der Waals surface area contributed by atoms with Gasteiger partial charge in [0.2, 0.25) is 0 Å². The maximum atomic E-state index is 12.2. The lowest BCUT2D eigenvalue weighted by Gasteiger charge is -2.12. The van der Waals surface area contributed by atoms with Gasteiger partial charge < -0.3 is 19.5 Å². The van der Waals surface area contributed by atoms with E-state index < -0.39 is 5.97 Å². The van der Waals surface area contributed by atoms with Gasteiger partial charge in [0.05, 0.1) is 19.3 Å². The fourth-order valence-electron chi connectivity index (χ4n) is 2.30. The molecule has 0 aliphatic carbocycles. The minimum atomic E-state index is -0.594. The number of benzene rings is 2. The van der Waals surface area contributed by atoms with Gasteiger partial charge in [-0.2, -0.15) is 0 Å². The number of hydrogen-bond donors (Lipinski definition) is 1. The van der Waals surface area contributed by atoms with Gasteiger partial charge in [-0.1, -0.05) is 43.7 Å². The van der Waals surface area contributed by atoms with Crippen molar-refractivity contribution >= 4 is 11.9 Å². The number of unbranched alkanes of at least 4 members (excludes halogenated alkanes) is 1. The number of methoxy groups -OCH3 is 1. The van der Waals surface area contributed by atoms with E-state index in [0.717, 1.165) is 18.4 Å². The normalized spacial score (nSPS) is 10.1. The van der Waals surface area contributed by atoms with E-state index >= 15 is 0 Å². The molecule has 1 N–H and O–H groups in total. The molecule has 0 aliphatic heterocycles. The Bertz CT molecular complexity index is 745. The van der Waals surface area contributed by atoms with Gasteiger partial charge in [-0.3, -0.25) is 4.79 Å². The van der Waals surface area contributed by atoms with Crippen LogP contribution in [0.25, 0.3) is 0 Å². The average molecular weight is 371 g/mol. The van der Waals surface area contributed by atoms with Gasteiger partial charge in [-0.25, -0.2) is 4.79 Å². The van der Waals surface area contributed by atoms with E-state index in [9.17, 15) is 9.59 Å². The van der Waals surface area contributed by atoms with Gasteiger partial charge in [-0.15, -0.1) is 0 Å². The van der Waals surface area contributed by atoms with Gasteiger partial charge in [0.1, 0.15) is 0 Å². The highest BCUT2D eigenvalue weighted by atomic mass is 16.5. The van der Waals surface area contributed by atoms with Crippen LogP contribution in [0.4, 0.5) is 0 Å². The number of carbonyl (C=O) groups is 2. The molecule has 27 heavy (non-hydrogen) atoms. The third kappa shape index (κ3) is 6.66. The number of amides is 1. The van der Waals surface area contributed by atoms with Gasteiger partial charge in [0.25, 0.3) is 5.91 Å². The minimum Gasteiger partial charge on any atom is -0.493 e. The zero-order valence-electron chi connectivity index (χ0n) is 15.7. The van der Waals surface area contributed by atoms with Gasteiger partial charge >= 0.3 is 5.97 Å². The van der Waals surface area contributed by atoms with Gasteiger partial charge in [0.15, 0.2) is 18.1 Å². The predicted octanol–water partition coefficient (Wildman–Crippen LogP) is 3.35. The molecule has 2 aromatic rings. The second kappa shape index (κ2) is 10.9. The predicted molar refractivity (Wildman–Crippen MR) is 102 cm³/mol. The van der Waals surface area contributed by atoms with Crippen LogP contribution in [0.1, 0.15) is 35.7 Å². The summed E-state index contributed by atoms with van der Waals surface area (Å²) in [6.07, 6.45) is 1.96. The molecule has 0 spiro atoms. The summed E-state index contributed by atoms with van der Waals surface area (Å²) >= 11 is 0. The first-order valence-electron chi connectivity index (χ1n) is 8.92. The molecule has 0 radical (unpaired) electrons. The SMILES string of the molecule is CCCCOc1ccc(C(=O)OCC(=O)NCc2ccccc2)cc1OC. The van der Waals surface area contributed by atoms with Crippen LogP contribution in [0.2, 0.25) is 0 Å². The summed E-state index contributed by atoms with van der Waals surface area (Å²) in [6, 6.07) is 14.3. The summed E-state index contributed by atoms with van der Waals surface area (Å²) in [5, 5.41) is 2.71. The molecule has 0 saturated carbocycles. The third-order valence-electron chi connectivity index (χ3n) is 3.82. The van der Waals surface area contributed by atoms with Crippen molar-refractivity contribution in [1.29, 1.82) is 0 Å². The molecule has 0 saturated heterocycles. The van der Waals surface area contributed by atoms with Gasteiger partial charge in [0, 0.05) is 6.54 Å². The van der Waals surface area contributed by atoms with Gasteiger partial charge in [-0.05, 0) is 30.2 Å². The lowest BCUT2D eigenvalue weighted by Crippen LogP contribution is -2.28. The number of hydrogen-bond acceptors (Lipinski definition) is 5. The second-order valence-corrected chi connectivity index (χ2v) is 5.91. The lowest BCUT2D eigenvalue weighted by atomic mass is 10.2. The first kappa shape index (κ1) is 20.3. The molecule has 0 unspecified atom stereocenters. The van der Waals surface area contributed by atoms with Crippen molar-refractivity contribution < 1.29 is 23.8 Å². The average Bonchev–Trinajstić information content (AvgIpc) is 2.71. The molecule has 6 nitrogen and oxygen atoms in total. The molecule has 6 heteroatoms. The van der Waals surface area contributed by atoms with Crippen LogP contribution in [-0.2, 0) is 16.1 Å². The first-order valence-corrected chi connectivity index (χ1v) is 8.92. The molecular weight excluding hydrogens is 346 g/mol. The Morgan fingerprint density at radius 1 is 1.04 bits per heavy atom. The summed E-state index contributed by atoms with van der Waals surface area (Å²) in [7, 11) is 1.51. The molecule has 1 amide bonds. The maximum absolute atomic E-state index is 12.2. The summed E-state index contributed by atoms with van der Waals surface area (Å²) in [6.45, 7) is 2.70. The van der Waals surface area contributed by atoms with Crippen LogP contribution < -0.4 is 14.8 Å². The smallest absolute Gasteiger partial charge is 0.338 e. The molecule has 0 aromatic heterocycles. The van der Waals surface area contributed by atoms with Crippen LogP contribution in [0.15, 0.2) is 48.5 Å². The topological polar surface area (TPSA) is 73.9 Å². The molecule has 0 aliphatic rings. The summed E-state index contributed by atoms with van der Waals surface area (Å²) in [5.74, 6) is 0.0687. The number of esters is 1.